The molecule has 0 saturated heterocycles. The van der Waals surface area contributed by atoms with Crippen molar-refractivity contribution in [3.63, 3.8) is 0 Å². The first kappa shape index (κ1) is 25.7. The number of hydrogen-bond acceptors (Lipinski definition) is 8. The van der Waals surface area contributed by atoms with Gasteiger partial charge >= 0.3 is 27.3 Å². The van der Waals surface area contributed by atoms with E-state index in [0.717, 1.165) is 32.1 Å². The summed E-state index contributed by atoms with van der Waals surface area (Å²) >= 11 is 0. The van der Waals surface area contributed by atoms with E-state index >= 15 is 0 Å². The van der Waals surface area contributed by atoms with Crippen molar-refractivity contribution in [3.05, 3.63) is 0 Å². The molecule has 5 aliphatic rings. The minimum absolute atomic E-state index is 0.0274. The van der Waals surface area contributed by atoms with Gasteiger partial charge in [-0.2, -0.15) is 17.2 Å². The molecule has 5 rings (SSSR count). The first-order chi connectivity index (χ1) is 15.6. The molecule has 0 aromatic heterocycles. The van der Waals surface area contributed by atoms with E-state index in [1.54, 1.807) is 0 Å². The standard InChI is InChI=1S/C22H32F2O9S/c1-18(5-3-2-4-6-18)33-16(25)10-32-21-9-15-7-19(12-21,11-20(27,8-15)13-21)17(26)31-14-22(23,24)34(28,29)30/h15,27H,2-14H2,1H3,(H,28,29,30). The Hall–Kier alpha value is -1.37. The third kappa shape index (κ3) is 4.96. The summed E-state index contributed by atoms with van der Waals surface area (Å²) in [4.78, 5) is 25.5. The molecule has 9 nitrogen and oxygen atoms in total. The molecule has 0 aromatic carbocycles. The zero-order chi connectivity index (χ0) is 25.0. The quantitative estimate of drug-likeness (QED) is 0.373. The van der Waals surface area contributed by atoms with Gasteiger partial charge in [0, 0.05) is 6.42 Å². The molecule has 194 valence electrons. The Morgan fingerprint density at radius 1 is 1.06 bits per heavy atom. The molecule has 4 unspecified atom stereocenters. The monoisotopic (exact) mass is 510 g/mol. The Morgan fingerprint density at radius 2 is 1.74 bits per heavy atom. The fraction of sp³-hybridized carbons (Fsp3) is 0.909. The van der Waals surface area contributed by atoms with Crippen molar-refractivity contribution in [1.29, 1.82) is 0 Å². The Bertz CT molecular complexity index is 948. The average molecular weight is 511 g/mol. The SMILES string of the molecule is CC1(OC(=O)COC23CC4CC(O)(C2)CC(C(=O)OCC(F)(F)S(=O)(=O)O)(C4)C3)CCCCC1. The molecule has 5 saturated carbocycles. The molecule has 5 fully saturated rings. The number of esters is 2. The van der Waals surface area contributed by atoms with E-state index in [-0.39, 0.29) is 38.2 Å². The molecule has 4 bridgehead atoms. The van der Waals surface area contributed by atoms with Crippen molar-refractivity contribution >= 4 is 22.1 Å². The van der Waals surface area contributed by atoms with Crippen LogP contribution in [0.5, 0.6) is 0 Å². The normalized spacial score (nSPS) is 36.8. The molecular weight excluding hydrogens is 478 g/mol. The van der Waals surface area contributed by atoms with E-state index in [4.69, 9.17) is 14.0 Å². The summed E-state index contributed by atoms with van der Waals surface area (Å²) in [5, 5.41) is 6.47. The zero-order valence-corrected chi connectivity index (χ0v) is 20.0. The number of hydrogen-bond donors (Lipinski definition) is 2. The lowest BCUT2D eigenvalue weighted by Crippen LogP contribution is -2.66. The fourth-order valence-corrected chi connectivity index (χ4v) is 7.19. The summed E-state index contributed by atoms with van der Waals surface area (Å²) in [6.45, 7) is -0.288. The first-order valence-corrected chi connectivity index (χ1v) is 13.1. The summed E-state index contributed by atoms with van der Waals surface area (Å²) in [6.07, 6.45) is 6.00. The third-order valence-electron chi connectivity index (χ3n) is 7.94. The number of ether oxygens (including phenoxy) is 3. The van der Waals surface area contributed by atoms with Crippen LogP contribution in [0.15, 0.2) is 0 Å². The molecule has 0 radical (unpaired) electrons. The second-order valence-electron chi connectivity index (χ2n) is 11.2. The van der Waals surface area contributed by atoms with E-state index in [9.17, 15) is 31.9 Å². The second-order valence-corrected chi connectivity index (χ2v) is 12.7. The van der Waals surface area contributed by atoms with Gasteiger partial charge in [0.1, 0.15) is 12.2 Å². The highest BCUT2D eigenvalue weighted by molar-refractivity contribution is 7.86. The minimum atomic E-state index is -5.75. The summed E-state index contributed by atoms with van der Waals surface area (Å²) in [7, 11) is -5.75. The van der Waals surface area contributed by atoms with Gasteiger partial charge in [0.2, 0.25) is 0 Å². The number of rotatable bonds is 8. The topological polar surface area (TPSA) is 136 Å². The molecule has 4 atom stereocenters. The lowest BCUT2D eigenvalue weighted by Gasteiger charge is -2.63. The predicted molar refractivity (Wildman–Crippen MR) is 112 cm³/mol. The van der Waals surface area contributed by atoms with Crippen molar-refractivity contribution in [2.45, 2.75) is 99.6 Å². The molecule has 0 spiro atoms. The minimum Gasteiger partial charge on any atom is -0.458 e. The summed E-state index contributed by atoms with van der Waals surface area (Å²) < 4.78 is 73.9. The van der Waals surface area contributed by atoms with Crippen LogP contribution in [-0.4, -0.2) is 65.3 Å². The van der Waals surface area contributed by atoms with Crippen LogP contribution >= 0.6 is 0 Å². The van der Waals surface area contributed by atoms with Crippen LogP contribution in [0.3, 0.4) is 0 Å². The van der Waals surface area contributed by atoms with Crippen LogP contribution in [0.1, 0.15) is 77.6 Å². The number of carbonyl (C=O) groups excluding carboxylic acids is 2. The maximum Gasteiger partial charge on any atom is 0.402 e. The summed E-state index contributed by atoms with van der Waals surface area (Å²) in [5.41, 5.74) is -4.20. The molecule has 0 aliphatic heterocycles. The maximum absolute atomic E-state index is 13.6. The molecule has 5 aliphatic carbocycles. The molecule has 12 heteroatoms. The van der Waals surface area contributed by atoms with Crippen LogP contribution in [0, 0.1) is 11.3 Å². The number of alkyl halides is 2. The van der Waals surface area contributed by atoms with Gasteiger partial charge in [0.05, 0.1) is 16.6 Å². The van der Waals surface area contributed by atoms with E-state index in [1.807, 2.05) is 6.92 Å². The summed E-state index contributed by atoms with van der Waals surface area (Å²) in [6, 6.07) is 0. The molecular formula is C22H32F2O9S. The highest BCUT2D eigenvalue weighted by Crippen LogP contribution is 2.64. The van der Waals surface area contributed by atoms with Crippen LogP contribution in [-0.2, 0) is 33.9 Å². The number of aliphatic hydroxyl groups is 1. The lowest BCUT2D eigenvalue weighted by atomic mass is 9.46. The maximum atomic E-state index is 13.6. The van der Waals surface area contributed by atoms with Gasteiger partial charge < -0.3 is 19.3 Å². The van der Waals surface area contributed by atoms with Gasteiger partial charge in [-0.25, -0.2) is 4.79 Å². The number of carbonyl (C=O) groups is 2. The van der Waals surface area contributed by atoms with E-state index in [2.05, 4.69) is 4.74 Å². The van der Waals surface area contributed by atoms with E-state index in [1.165, 1.54) is 0 Å². The molecule has 2 N–H and O–H groups in total. The number of halogens is 2. The Kier molecular flexibility index (Phi) is 6.31. The van der Waals surface area contributed by atoms with Gasteiger partial charge in [-0.3, -0.25) is 9.35 Å². The largest absolute Gasteiger partial charge is 0.458 e. The van der Waals surface area contributed by atoms with E-state index in [0.29, 0.717) is 12.8 Å². The zero-order valence-electron chi connectivity index (χ0n) is 19.2. The average Bonchev–Trinajstić information content (AvgIpc) is 2.68. The van der Waals surface area contributed by atoms with Crippen LogP contribution < -0.4 is 0 Å². The first-order valence-electron chi connectivity index (χ1n) is 11.7. The van der Waals surface area contributed by atoms with Crippen molar-refractivity contribution in [2.75, 3.05) is 13.2 Å². The second kappa shape index (κ2) is 8.35. The van der Waals surface area contributed by atoms with Gasteiger partial charge in [-0.1, -0.05) is 6.42 Å². The Morgan fingerprint density at radius 3 is 2.35 bits per heavy atom. The predicted octanol–water partition coefficient (Wildman–Crippen LogP) is 2.75. The Labute approximate surface area is 197 Å². The van der Waals surface area contributed by atoms with Crippen molar-refractivity contribution in [1.82, 2.24) is 0 Å². The molecule has 34 heavy (non-hydrogen) atoms. The van der Waals surface area contributed by atoms with Crippen molar-refractivity contribution in [3.8, 4) is 0 Å². The molecule has 0 heterocycles. The van der Waals surface area contributed by atoms with Crippen molar-refractivity contribution < 1.29 is 50.7 Å². The van der Waals surface area contributed by atoms with Crippen LogP contribution in [0.4, 0.5) is 8.78 Å². The highest BCUT2D eigenvalue weighted by Gasteiger charge is 2.67. The molecule has 0 amide bonds. The van der Waals surface area contributed by atoms with Gasteiger partial charge in [0.15, 0.2) is 6.61 Å². The van der Waals surface area contributed by atoms with Gasteiger partial charge in [-0.05, 0) is 70.6 Å². The van der Waals surface area contributed by atoms with E-state index < -0.39 is 56.1 Å². The molecule has 0 aromatic rings. The lowest BCUT2D eigenvalue weighted by molar-refractivity contribution is -0.254. The highest BCUT2D eigenvalue weighted by atomic mass is 32.2. The van der Waals surface area contributed by atoms with Crippen LogP contribution in [0.25, 0.3) is 0 Å². The van der Waals surface area contributed by atoms with Crippen molar-refractivity contribution in [2.24, 2.45) is 11.3 Å². The van der Waals surface area contributed by atoms with Gasteiger partial charge in [-0.15, -0.1) is 0 Å². The smallest absolute Gasteiger partial charge is 0.402 e. The third-order valence-corrected chi connectivity index (χ3v) is 8.81. The summed E-state index contributed by atoms with van der Waals surface area (Å²) in [5.74, 6) is -1.75. The van der Waals surface area contributed by atoms with Crippen LogP contribution in [0.2, 0.25) is 0 Å². The van der Waals surface area contributed by atoms with Gasteiger partial charge in [0.25, 0.3) is 0 Å². The Balaban J connectivity index is 1.44. The fourth-order valence-electron chi connectivity index (χ4n) is 6.98.